The van der Waals surface area contributed by atoms with Crippen LogP contribution in [-0.4, -0.2) is 55.7 Å². The molecule has 4 nitrogen and oxygen atoms in total. The second-order valence-corrected chi connectivity index (χ2v) is 4.40. The Kier molecular flexibility index (Phi) is 6.09. The standard InChI is InChI=1S/C11H20ClNO3/c1-9-3-4-10(16-9)11(14)13(6-5-12)7-8-15-2/h9-10H,3-8H2,1-2H3. The average molecular weight is 250 g/mol. The predicted molar refractivity (Wildman–Crippen MR) is 62.7 cm³/mol. The number of alkyl halides is 1. The number of carbonyl (C=O) groups is 1. The van der Waals surface area contributed by atoms with E-state index in [1.807, 2.05) is 6.92 Å². The lowest BCUT2D eigenvalue weighted by atomic mass is 10.2. The minimum absolute atomic E-state index is 0.0436. The number of methoxy groups -OCH3 is 1. The van der Waals surface area contributed by atoms with E-state index in [9.17, 15) is 4.79 Å². The van der Waals surface area contributed by atoms with Gasteiger partial charge >= 0.3 is 0 Å². The van der Waals surface area contributed by atoms with Crippen LogP contribution in [0.2, 0.25) is 0 Å². The maximum absolute atomic E-state index is 12.1. The smallest absolute Gasteiger partial charge is 0.251 e. The highest BCUT2D eigenvalue weighted by molar-refractivity contribution is 6.18. The maximum atomic E-state index is 12.1. The topological polar surface area (TPSA) is 38.8 Å². The molecule has 0 aromatic carbocycles. The number of rotatable bonds is 6. The summed E-state index contributed by atoms with van der Waals surface area (Å²) in [6.45, 7) is 3.66. The zero-order valence-corrected chi connectivity index (χ0v) is 10.7. The Morgan fingerprint density at radius 3 is 2.75 bits per heavy atom. The molecule has 2 unspecified atom stereocenters. The minimum atomic E-state index is -0.282. The van der Waals surface area contributed by atoms with Gasteiger partial charge in [0, 0.05) is 26.1 Å². The van der Waals surface area contributed by atoms with Crippen molar-refractivity contribution in [2.24, 2.45) is 0 Å². The van der Waals surface area contributed by atoms with Gasteiger partial charge in [-0.05, 0) is 19.8 Å². The molecule has 1 aliphatic rings. The molecule has 0 saturated carbocycles. The third-order valence-electron chi connectivity index (χ3n) is 2.74. The van der Waals surface area contributed by atoms with Crippen LogP contribution >= 0.6 is 11.6 Å². The summed E-state index contributed by atoms with van der Waals surface area (Å²) in [4.78, 5) is 13.8. The summed E-state index contributed by atoms with van der Waals surface area (Å²) < 4.78 is 10.5. The van der Waals surface area contributed by atoms with Crippen LogP contribution in [0.1, 0.15) is 19.8 Å². The highest BCUT2D eigenvalue weighted by Crippen LogP contribution is 2.20. The van der Waals surface area contributed by atoms with Crippen LogP contribution in [0.15, 0.2) is 0 Å². The van der Waals surface area contributed by atoms with E-state index in [0.717, 1.165) is 12.8 Å². The Bertz CT molecular complexity index is 225. The van der Waals surface area contributed by atoms with E-state index in [0.29, 0.717) is 25.6 Å². The van der Waals surface area contributed by atoms with Gasteiger partial charge in [0.15, 0.2) is 0 Å². The molecule has 1 aliphatic heterocycles. The van der Waals surface area contributed by atoms with Crippen molar-refractivity contribution < 1.29 is 14.3 Å². The van der Waals surface area contributed by atoms with Gasteiger partial charge in [-0.2, -0.15) is 0 Å². The zero-order chi connectivity index (χ0) is 12.0. The maximum Gasteiger partial charge on any atom is 0.251 e. The molecule has 16 heavy (non-hydrogen) atoms. The molecule has 0 aliphatic carbocycles. The Hall–Kier alpha value is -0.320. The van der Waals surface area contributed by atoms with E-state index in [1.54, 1.807) is 12.0 Å². The number of hydrogen-bond acceptors (Lipinski definition) is 3. The van der Waals surface area contributed by atoms with E-state index in [1.165, 1.54) is 0 Å². The first-order valence-corrected chi connectivity index (χ1v) is 6.21. The van der Waals surface area contributed by atoms with Gasteiger partial charge in [0.25, 0.3) is 5.91 Å². The first-order valence-electron chi connectivity index (χ1n) is 5.68. The van der Waals surface area contributed by atoms with Crippen LogP contribution in [-0.2, 0) is 14.3 Å². The number of hydrogen-bond donors (Lipinski definition) is 0. The molecule has 0 spiro atoms. The molecule has 1 heterocycles. The SMILES string of the molecule is COCCN(CCCl)C(=O)C1CCC(C)O1. The molecular weight excluding hydrogens is 230 g/mol. The van der Waals surface area contributed by atoms with Crippen molar-refractivity contribution in [2.75, 3.05) is 32.7 Å². The summed E-state index contributed by atoms with van der Waals surface area (Å²) in [6.07, 6.45) is 1.67. The Balaban J connectivity index is 2.45. The van der Waals surface area contributed by atoms with Gasteiger partial charge in [0.2, 0.25) is 0 Å². The molecule has 1 amide bonds. The lowest BCUT2D eigenvalue weighted by Crippen LogP contribution is -2.42. The molecule has 1 saturated heterocycles. The van der Waals surface area contributed by atoms with E-state index < -0.39 is 0 Å². The summed E-state index contributed by atoms with van der Waals surface area (Å²) >= 11 is 5.68. The predicted octanol–water partition coefficient (Wildman–Crippen LogP) is 1.27. The fraction of sp³-hybridized carbons (Fsp3) is 0.909. The second kappa shape index (κ2) is 7.09. The van der Waals surface area contributed by atoms with Gasteiger partial charge in [0.1, 0.15) is 6.10 Å². The third kappa shape index (κ3) is 3.92. The normalized spacial score (nSPS) is 24.7. The molecule has 94 valence electrons. The summed E-state index contributed by atoms with van der Waals surface area (Å²) in [5.41, 5.74) is 0. The minimum Gasteiger partial charge on any atom is -0.383 e. The lowest BCUT2D eigenvalue weighted by molar-refractivity contribution is -0.143. The number of carbonyl (C=O) groups excluding carboxylic acids is 1. The van der Waals surface area contributed by atoms with Crippen molar-refractivity contribution in [1.82, 2.24) is 4.90 Å². The molecule has 0 bridgehead atoms. The number of halogens is 1. The fourth-order valence-electron chi connectivity index (χ4n) is 1.82. The van der Waals surface area contributed by atoms with Gasteiger partial charge in [-0.25, -0.2) is 0 Å². The van der Waals surface area contributed by atoms with Crippen LogP contribution in [0.5, 0.6) is 0 Å². The van der Waals surface area contributed by atoms with Crippen molar-refractivity contribution in [3.05, 3.63) is 0 Å². The first-order chi connectivity index (χ1) is 7.69. The first kappa shape index (κ1) is 13.7. The molecule has 0 aromatic rings. The largest absolute Gasteiger partial charge is 0.383 e. The van der Waals surface area contributed by atoms with Crippen molar-refractivity contribution in [2.45, 2.75) is 32.0 Å². The molecule has 0 aromatic heterocycles. The number of amides is 1. The second-order valence-electron chi connectivity index (χ2n) is 4.02. The summed E-state index contributed by atoms with van der Waals surface area (Å²) in [5, 5.41) is 0. The van der Waals surface area contributed by atoms with Crippen molar-refractivity contribution >= 4 is 17.5 Å². The van der Waals surface area contributed by atoms with Crippen LogP contribution in [0.25, 0.3) is 0 Å². The Morgan fingerprint density at radius 1 is 1.50 bits per heavy atom. The molecular formula is C11H20ClNO3. The van der Waals surface area contributed by atoms with Gasteiger partial charge < -0.3 is 14.4 Å². The monoisotopic (exact) mass is 249 g/mol. The van der Waals surface area contributed by atoms with Crippen molar-refractivity contribution in [3.8, 4) is 0 Å². The van der Waals surface area contributed by atoms with E-state index in [2.05, 4.69) is 0 Å². The van der Waals surface area contributed by atoms with Crippen LogP contribution in [0, 0.1) is 0 Å². The summed E-state index contributed by atoms with van der Waals surface area (Å²) in [6, 6.07) is 0. The van der Waals surface area contributed by atoms with Gasteiger partial charge in [-0.3, -0.25) is 4.79 Å². The molecule has 1 fully saturated rings. The highest BCUT2D eigenvalue weighted by atomic mass is 35.5. The van der Waals surface area contributed by atoms with Crippen molar-refractivity contribution in [3.63, 3.8) is 0 Å². The molecule has 5 heteroatoms. The molecule has 0 radical (unpaired) electrons. The van der Waals surface area contributed by atoms with Crippen LogP contribution in [0.3, 0.4) is 0 Å². The fourth-order valence-corrected chi connectivity index (χ4v) is 2.03. The number of ether oxygens (including phenoxy) is 2. The van der Waals surface area contributed by atoms with E-state index in [-0.39, 0.29) is 18.1 Å². The Morgan fingerprint density at radius 2 is 2.25 bits per heavy atom. The van der Waals surface area contributed by atoms with Crippen LogP contribution < -0.4 is 0 Å². The zero-order valence-electron chi connectivity index (χ0n) is 9.95. The molecule has 0 N–H and O–H groups in total. The molecule has 1 rings (SSSR count). The van der Waals surface area contributed by atoms with E-state index >= 15 is 0 Å². The average Bonchev–Trinajstić information content (AvgIpc) is 2.70. The van der Waals surface area contributed by atoms with Crippen molar-refractivity contribution in [1.29, 1.82) is 0 Å². The van der Waals surface area contributed by atoms with Gasteiger partial charge in [0.05, 0.1) is 12.7 Å². The van der Waals surface area contributed by atoms with E-state index in [4.69, 9.17) is 21.1 Å². The summed E-state index contributed by atoms with van der Waals surface area (Å²) in [7, 11) is 1.62. The van der Waals surface area contributed by atoms with Crippen LogP contribution in [0.4, 0.5) is 0 Å². The number of nitrogens with zero attached hydrogens (tertiary/aromatic N) is 1. The lowest BCUT2D eigenvalue weighted by Gasteiger charge is -2.24. The third-order valence-corrected chi connectivity index (χ3v) is 2.91. The molecule has 2 atom stereocenters. The summed E-state index contributed by atoms with van der Waals surface area (Å²) in [5.74, 6) is 0.486. The highest BCUT2D eigenvalue weighted by Gasteiger charge is 2.31. The quantitative estimate of drug-likeness (QED) is 0.666. The van der Waals surface area contributed by atoms with Gasteiger partial charge in [-0.15, -0.1) is 11.6 Å². The Labute approximate surface area is 102 Å². The van der Waals surface area contributed by atoms with Gasteiger partial charge in [-0.1, -0.05) is 0 Å².